The van der Waals surface area contributed by atoms with E-state index >= 15 is 0 Å². The predicted molar refractivity (Wildman–Crippen MR) is 56.3 cm³/mol. The van der Waals surface area contributed by atoms with E-state index in [1.54, 1.807) is 25.1 Å². The Hall–Kier alpha value is -1.65. The molecule has 0 aromatic heterocycles. The highest BCUT2D eigenvalue weighted by atomic mass is 19.3. The summed E-state index contributed by atoms with van der Waals surface area (Å²) in [6, 6.07) is 5.04. The van der Waals surface area contributed by atoms with Crippen molar-refractivity contribution in [2.24, 2.45) is 5.92 Å². The Kier molecular flexibility index (Phi) is 3.00. The molecule has 0 bridgehead atoms. The maximum atomic E-state index is 12.3. The van der Waals surface area contributed by atoms with Crippen molar-refractivity contribution < 1.29 is 23.4 Å². The zero-order valence-corrected chi connectivity index (χ0v) is 9.19. The summed E-state index contributed by atoms with van der Waals surface area (Å²) in [6.45, 7) is -1.23. The molecule has 0 radical (unpaired) electrons. The van der Waals surface area contributed by atoms with Crippen molar-refractivity contribution in [3.05, 3.63) is 29.3 Å². The van der Waals surface area contributed by atoms with Gasteiger partial charge in [0.25, 0.3) is 0 Å². The van der Waals surface area contributed by atoms with E-state index in [1.165, 1.54) is 0 Å². The fraction of sp³-hybridized carbons (Fsp3) is 0.417. The Labute approximate surface area is 97.0 Å². The van der Waals surface area contributed by atoms with Gasteiger partial charge in [-0.25, -0.2) is 0 Å². The van der Waals surface area contributed by atoms with Crippen LogP contribution in [0.1, 0.15) is 23.5 Å². The minimum atomic E-state index is -2.89. The quantitative estimate of drug-likeness (QED) is 0.883. The highest BCUT2D eigenvalue weighted by Gasteiger charge is 2.45. The molecule has 5 heteroatoms. The maximum Gasteiger partial charge on any atom is 0.387 e. The largest absolute Gasteiger partial charge is 0.481 e. The Morgan fingerprint density at radius 1 is 1.53 bits per heavy atom. The van der Waals surface area contributed by atoms with Crippen LogP contribution in [0.3, 0.4) is 0 Å². The minimum absolute atomic E-state index is 0.122. The van der Waals surface area contributed by atoms with Crippen LogP contribution in [-0.2, 0) is 4.79 Å². The highest BCUT2D eigenvalue weighted by molar-refractivity contribution is 5.75. The summed E-state index contributed by atoms with van der Waals surface area (Å²) < 4.78 is 29.0. The number of ether oxygens (including phenoxy) is 1. The zero-order chi connectivity index (χ0) is 12.6. The molecule has 1 N–H and O–H groups in total. The molecule has 1 aliphatic carbocycles. The standard InChI is InChI=1S/C12H12F2O3/c1-6-3-2-4-7(10(6)17-12(13)14)8-5-9(8)11(15)16/h2-4,8-9,12H,5H2,1H3,(H,15,16)/t8-,9+/m0/s1. The normalized spacial score (nSPS) is 22.6. The molecule has 1 aromatic carbocycles. The van der Waals surface area contributed by atoms with Crippen LogP contribution in [-0.4, -0.2) is 17.7 Å². The van der Waals surface area contributed by atoms with Gasteiger partial charge < -0.3 is 9.84 Å². The minimum Gasteiger partial charge on any atom is -0.481 e. The van der Waals surface area contributed by atoms with Gasteiger partial charge in [0.1, 0.15) is 5.75 Å². The second-order valence-corrected chi connectivity index (χ2v) is 4.16. The van der Waals surface area contributed by atoms with E-state index < -0.39 is 18.5 Å². The number of carboxylic acid groups (broad SMARTS) is 1. The first-order chi connectivity index (χ1) is 8.00. The van der Waals surface area contributed by atoms with Crippen molar-refractivity contribution in [1.82, 2.24) is 0 Å². The van der Waals surface area contributed by atoms with E-state index in [1.807, 2.05) is 0 Å². The molecule has 92 valence electrons. The van der Waals surface area contributed by atoms with Crippen molar-refractivity contribution in [1.29, 1.82) is 0 Å². The number of halogens is 2. The fourth-order valence-electron chi connectivity index (χ4n) is 2.03. The van der Waals surface area contributed by atoms with Crippen LogP contribution in [0.4, 0.5) is 8.78 Å². The maximum absolute atomic E-state index is 12.3. The number of aryl methyl sites for hydroxylation is 1. The molecule has 0 aliphatic heterocycles. The lowest BCUT2D eigenvalue weighted by Crippen LogP contribution is -2.07. The summed E-state index contributed by atoms with van der Waals surface area (Å²) in [7, 11) is 0. The van der Waals surface area contributed by atoms with Gasteiger partial charge in [-0.2, -0.15) is 8.78 Å². The molecular weight excluding hydrogens is 230 g/mol. The molecule has 17 heavy (non-hydrogen) atoms. The predicted octanol–water partition coefficient (Wildman–Crippen LogP) is 2.78. The van der Waals surface area contributed by atoms with Gasteiger partial charge in [-0.3, -0.25) is 4.79 Å². The number of carbonyl (C=O) groups is 1. The Morgan fingerprint density at radius 2 is 2.24 bits per heavy atom. The van der Waals surface area contributed by atoms with E-state index in [-0.39, 0.29) is 11.7 Å². The highest BCUT2D eigenvalue weighted by Crippen LogP contribution is 2.51. The van der Waals surface area contributed by atoms with Crippen molar-refractivity contribution in [2.75, 3.05) is 0 Å². The van der Waals surface area contributed by atoms with Gasteiger partial charge in [-0.1, -0.05) is 18.2 Å². The van der Waals surface area contributed by atoms with Crippen molar-refractivity contribution in [3.8, 4) is 5.75 Å². The monoisotopic (exact) mass is 242 g/mol. The Morgan fingerprint density at radius 3 is 2.76 bits per heavy atom. The number of carboxylic acids is 1. The summed E-state index contributed by atoms with van der Waals surface area (Å²) >= 11 is 0. The average Bonchev–Trinajstić information content (AvgIpc) is 3.00. The zero-order valence-electron chi connectivity index (χ0n) is 9.19. The van der Waals surface area contributed by atoms with E-state index in [0.717, 1.165) is 0 Å². The van der Waals surface area contributed by atoms with Crippen LogP contribution in [0.15, 0.2) is 18.2 Å². The van der Waals surface area contributed by atoms with Crippen molar-refractivity contribution in [2.45, 2.75) is 25.9 Å². The van der Waals surface area contributed by atoms with Crippen LogP contribution in [0, 0.1) is 12.8 Å². The van der Waals surface area contributed by atoms with Crippen LogP contribution >= 0.6 is 0 Å². The van der Waals surface area contributed by atoms with Gasteiger partial charge in [0.15, 0.2) is 0 Å². The number of rotatable bonds is 4. The molecule has 2 rings (SSSR count). The van der Waals surface area contributed by atoms with Gasteiger partial charge in [0, 0.05) is 5.92 Å². The Balaban J connectivity index is 2.28. The molecule has 0 saturated heterocycles. The van der Waals surface area contributed by atoms with Crippen molar-refractivity contribution >= 4 is 5.97 Å². The van der Waals surface area contributed by atoms with Crippen molar-refractivity contribution in [3.63, 3.8) is 0 Å². The van der Waals surface area contributed by atoms with Crippen LogP contribution < -0.4 is 4.74 Å². The molecule has 1 saturated carbocycles. The molecule has 0 spiro atoms. The third-order valence-electron chi connectivity index (χ3n) is 2.96. The second kappa shape index (κ2) is 4.31. The first kappa shape index (κ1) is 11.8. The number of benzene rings is 1. The van der Waals surface area contributed by atoms with Gasteiger partial charge in [-0.05, 0) is 24.5 Å². The smallest absolute Gasteiger partial charge is 0.387 e. The number of hydrogen-bond acceptors (Lipinski definition) is 2. The van der Waals surface area contributed by atoms with Gasteiger partial charge >= 0.3 is 12.6 Å². The first-order valence-electron chi connectivity index (χ1n) is 5.28. The van der Waals surface area contributed by atoms with Gasteiger partial charge in [0.2, 0.25) is 0 Å². The van der Waals surface area contributed by atoms with Crippen LogP contribution in [0.5, 0.6) is 5.75 Å². The van der Waals surface area contributed by atoms with Crippen LogP contribution in [0.25, 0.3) is 0 Å². The molecule has 0 heterocycles. The summed E-state index contributed by atoms with van der Waals surface area (Å²) in [5.74, 6) is -1.45. The number of alkyl halides is 2. The third-order valence-corrected chi connectivity index (χ3v) is 2.96. The summed E-state index contributed by atoms with van der Waals surface area (Å²) in [4.78, 5) is 10.8. The molecule has 1 aliphatic rings. The molecule has 0 unspecified atom stereocenters. The van der Waals surface area contributed by atoms with Crippen LogP contribution in [0.2, 0.25) is 0 Å². The number of para-hydroxylation sites is 1. The average molecular weight is 242 g/mol. The number of hydrogen-bond donors (Lipinski definition) is 1. The molecule has 3 nitrogen and oxygen atoms in total. The Bertz CT molecular complexity index is 445. The second-order valence-electron chi connectivity index (χ2n) is 4.16. The lowest BCUT2D eigenvalue weighted by Gasteiger charge is -2.12. The summed E-state index contributed by atoms with van der Waals surface area (Å²) in [5, 5.41) is 8.84. The lowest BCUT2D eigenvalue weighted by molar-refractivity contribution is -0.138. The molecule has 0 amide bonds. The number of aliphatic carboxylic acids is 1. The van der Waals surface area contributed by atoms with E-state index in [9.17, 15) is 13.6 Å². The first-order valence-corrected chi connectivity index (χ1v) is 5.28. The molecular formula is C12H12F2O3. The molecule has 2 atom stereocenters. The van der Waals surface area contributed by atoms with E-state index in [2.05, 4.69) is 4.74 Å². The van der Waals surface area contributed by atoms with Gasteiger partial charge in [-0.15, -0.1) is 0 Å². The topological polar surface area (TPSA) is 46.5 Å². The fourth-order valence-corrected chi connectivity index (χ4v) is 2.03. The molecule has 1 fully saturated rings. The summed E-state index contributed by atoms with van der Waals surface area (Å²) in [5.41, 5.74) is 1.16. The van der Waals surface area contributed by atoms with Gasteiger partial charge in [0.05, 0.1) is 5.92 Å². The van der Waals surface area contributed by atoms with E-state index in [0.29, 0.717) is 17.5 Å². The summed E-state index contributed by atoms with van der Waals surface area (Å²) in [6.07, 6.45) is 0.485. The third kappa shape index (κ3) is 2.38. The van der Waals surface area contributed by atoms with E-state index in [4.69, 9.17) is 5.11 Å². The lowest BCUT2D eigenvalue weighted by atomic mass is 10.0. The molecule has 1 aromatic rings. The SMILES string of the molecule is Cc1cccc([C@@H]2C[C@H]2C(=O)O)c1OC(F)F.